The molecule has 0 saturated heterocycles. The molecular formula is C29H26FN7. The molecule has 6 rings (SSSR count). The van der Waals surface area contributed by atoms with Crippen LogP contribution in [0.15, 0.2) is 73.2 Å². The van der Waals surface area contributed by atoms with Crippen molar-refractivity contribution in [2.75, 3.05) is 20.6 Å². The lowest BCUT2D eigenvalue weighted by molar-refractivity contribution is 0.400. The molecular weight excluding hydrogens is 465 g/mol. The van der Waals surface area contributed by atoms with Crippen molar-refractivity contribution in [1.82, 2.24) is 35.0 Å². The summed E-state index contributed by atoms with van der Waals surface area (Å²) in [5, 5.41) is 8.54. The second-order valence-corrected chi connectivity index (χ2v) is 9.47. The highest BCUT2D eigenvalue weighted by Crippen LogP contribution is 2.33. The van der Waals surface area contributed by atoms with Crippen LogP contribution in [0.25, 0.3) is 55.8 Å². The third kappa shape index (κ3) is 4.59. The summed E-state index contributed by atoms with van der Waals surface area (Å²) in [5.41, 5.74) is 8.50. The van der Waals surface area contributed by atoms with Gasteiger partial charge in [0.05, 0.1) is 16.9 Å². The van der Waals surface area contributed by atoms with Gasteiger partial charge in [0, 0.05) is 29.5 Å². The Labute approximate surface area is 213 Å². The fourth-order valence-corrected chi connectivity index (χ4v) is 4.67. The minimum absolute atomic E-state index is 0.274. The van der Waals surface area contributed by atoms with E-state index in [-0.39, 0.29) is 5.82 Å². The Hall–Kier alpha value is -4.43. The monoisotopic (exact) mass is 491 g/mol. The smallest absolute Gasteiger partial charge is 0.138 e. The predicted octanol–water partition coefficient (Wildman–Crippen LogP) is 5.86. The number of benzene rings is 1. The second-order valence-electron chi connectivity index (χ2n) is 9.47. The summed E-state index contributed by atoms with van der Waals surface area (Å²) in [6, 6.07) is 16.6. The van der Waals surface area contributed by atoms with Gasteiger partial charge in [0.15, 0.2) is 0 Å². The van der Waals surface area contributed by atoms with Crippen molar-refractivity contribution < 1.29 is 4.39 Å². The Balaban J connectivity index is 1.38. The number of pyridine rings is 3. The van der Waals surface area contributed by atoms with E-state index in [1.165, 1.54) is 17.7 Å². The third-order valence-corrected chi connectivity index (χ3v) is 6.49. The Kier molecular flexibility index (Phi) is 5.94. The molecule has 2 N–H and O–H groups in total. The van der Waals surface area contributed by atoms with Crippen LogP contribution in [0, 0.1) is 5.82 Å². The van der Waals surface area contributed by atoms with E-state index >= 15 is 0 Å². The van der Waals surface area contributed by atoms with Crippen molar-refractivity contribution in [2.24, 2.45) is 0 Å². The summed E-state index contributed by atoms with van der Waals surface area (Å²) in [6.45, 7) is 1.03. The van der Waals surface area contributed by atoms with Crippen molar-refractivity contribution in [3.8, 4) is 33.8 Å². The molecule has 0 bridgehead atoms. The van der Waals surface area contributed by atoms with Gasteiger partial charge in [0.25, 0.3) is 0 Å². The van der Waals surface area contributed by atoms with Crippen LogP contribution in [0.5, 0.6) is 0 Å². The number of nitrogens with one attached hydrogen (secondary N) is 2. The molecule has 0 saturated carbocycles. The van der Waals surface area contributed by atoms with Gasteiger partial charge in [0.2, 0.25) is 0 Å². The van der Waals surface area contributed by atoms with E-state index in [9.17, 15) is 4.39 Å². The van der Waals surface area contributed by atoms with E-state index in [0.29, 0.717) is 11.3 Å². The highest BCUT2D eigenvalue weighted by molar-refractivity contribution is 5.99. The van der Waals surface area contributed by atoms with Gasteiger partial charge in [-0.25, -0.2) is 14.4 Å². The van der Waals surface area contributed by atoms with Gasteiger partial charge in [-0.3, -0.25) is 10.1 Å². The first-order valence-corrected chi connectivity index (χ1v) is 12.2. The van der Waals surface area contributed by atoms with Crippen LogP contribution in [0.1, 0.15) is 12.0 Å². The molecule has 37 heavy (non-hydrogen) atoms. The molecule has 5 heterocycles. The van der Waals surface area contributed by atoms with E-state index in [1.54, 1.807) is 12.3 Å². The summed E-state index contributed by atoms with van der Waals surface area (Å²) in [7, 11) is 4.17. The average Bonchev–Trinajstić information content (AvgIpc) is 3.52. The van der Waals surface area contributed by atoms with Gasteiger partial charge >= 0.3 is 0 Å². The Morgan fingerprint density at radius 2 is 1.89 bits per heavy atom. The number of hydrogen-bond donors (Lipinski definition) is 2. The highest BCUT2D eigenvalue weighted by Gasteiger charge is 2.16. The fraction of sp³-hybridized carbons (Fsp3) is 0.172. The van der Waals surface area contributed by atoms with Crippen LogP contribution in [0.4, 0.5) is 4.39 Å². The van der Waals surface area contributed by atoms with Gasteiger partial charge in [-0.1, -0.05) is 12.1 Å². The van der Waals surface area contributed by atoms with Crippen molar-refractivity contribution >= 4 is 22.1 Å². The summed E-state index contributed by atoms with van der Waals surface area (Å²) in [5.74, 6) is -0.274. The van der Waals surface area contributed by atoms with Crippen LogP contribution < -0.4 is 0 Å². The zero-order valence-corrected chi connectivity index (χ0v) is 20.7. The lowest BCUT2D eigenvalue weighted by Crippen LogP contribution is -2.13. The minimum Gasteiger partial charge on any atom is -0.338 e. The third-order valence-electron chi connectivity index (χ3n) is 6.49. The topological polar surface area (TPSA) is 86.4 Å². The summed E-state index contributed by atoms with van der Waals surface area (Å²) >= 11 is 0. The SMILES string of the molecule is CN(C)CCCc1cncc(-c2ccc3[nH]nc(-c4cc5c(-c6cccc(F)c6)ccnc5[nH]4)c3n2)c1. The van der Waals surface area contributed by atoms with Gasteiger partial charge < -0.3 is 9.88 Å². The lowest BCUT2D eigenvalue weighted by Gasteiger charge is -2.09. The maximum absolute atomic E-state index is 13.9. The number of hydrogen-bond acceptors (Lipinski definition) is 5. The molecule has 0 aliphatic heterocycles. The largest absolute Gasteiger partial charge is 0.338 e. The van der Waals surface area contributed by atoms with Crippen LogP contribution in [0.2, 0.25) is 0 Å². The zero-order valence-electron chi connectivity index (χ0n) is 20.7. The Morgan fingerprint density at radius 1 is 0.973 bits per heavy atom. The molecule has 0 spiro atoms. The summed E-state index contributed by atoms with van der Waals surface area (Å²) < 4.78 is 13.9. The molecule has 0 amide bonds. The number of fused-ring (bicyclic) bond motifs is 2. The number of aryl methyl sites for hydroxylation is 1. The van der Waals surface area contributed by atoms with Crippen LogP contribution >= 0.6 is 0 Å². The number of H-pyrrole nitrogens is 2. The van der Waals surface area contributed by atoms with E-state index in [2.05, 4.69) is 50.2 Å². The summed E-state index contributed by atoms with van der Waals surface area (Å²) in [4.78, 5) is 19.5. The van der Waals surface area contributed by atoms with Gasteiger partial charge in [-0.05, 0) is 92.6 Å². The van der Waals surface area contributed by atoms with Crippen molar-refractivity contribution in [3.05, 3.63) is 84.6 Å². The number of nitrogens with zero attached hydrogens (tertiary/aromatic N) is 5. The molecule has 0 aliphatic rings. The molecule has 7 nitrogen and oxygen atoms in total. The quantitative estimate of drug-likeness (QED) is 0.292. The first kappa shape index (κ1) is 23.0. The standard InChI is InChI=1S/C29H26FN7/c1-37(2)12-4-5-18-13-20(17-31-16-18)24-8-9-25-27(33-24)28(36-35-25)26-15-23-22(10-11-32-29(23)34-26)19-6-3-7-21(30)14-19/h3,6-11,13-17H,4-5,12H2,1-2H3,(H,32,34)(H,35,36). The van der Waals surface area contributed by atoms with Gasteiger partial charge in [-0.2, -0.15) is 5.10 Å². The van der Waals surface area contributed by atoms with Crippen LogP contribution in [-0.4, -0.2) is 55.7 Å². The van der Waals surface area contributed by atoms with E-state index in [1.807, 2.05) is 42.7 Å². The Morgan fingerprint density at radius 3 is 2.76 bits per heavy atom. The molecule has 0 radical (unpaired) electrons. The fourth-order valence-electron chi connectivity index (χ4n) is 4.67. The molecule has 8 heteroatoms. The maximum Gasteiger partial charge on any atom is 0.138 e. The van der Waals surface area contributed by atoms with Crippen LogP contribution in [0.3, 0.4) is 0 Å². The van der Waals surface area contributed by atoms with E-state index in [4.69, 9.17) is 4.98 Å². The number of aromatic nitrogens is 6. The second kappa shape index (κ2) is 9.55. The lowest BCUT2D eigenvalue weighted by atomic mass is 10.0. The van der Waals surface area contributed by atoms with Crippen molar-refractivity contribution in [1.29, 1.82) is 0 Å². The molecule has 0 fully saturated rings. The van der Waals surface area contributed by atoms with E-state index < -0.39 is 0 Å². The Bertz CT molecular complexity index is 1720. The molecule has 0 unspecified atom stereocenters. The minimum atomic E-state index is -0.274. The number of aromatic amines is 2. The van der Waals surface area contributed by atoms with Crippen molar-refractivity contribution in [3.63, 3.8) is 0 Å². The molecule has 6 aromatic rings. The number of rotatable bonds is 7. The molecule has 0 aliphatic carbocycles. The number of halogens is 1. The van der Waals surface area contributed by atoms with Gasteiger partial charge in [-0.15, -0.1) is 0 Å². The first-order valence-electron chi connectivity index (χ1n) is 12.2. The summed E-state index contributed by atoms with van der Waals surface area (Å²) in [6.07, 6.45) is 7.53. The zero-order chi connectivity index (χ0) is 25.4. The average molecular weight is 492 g/mol. The van der Waals surface area contributed by atoms with Crippen molar-refractivity contribution in [2.45, 2.75) is 12.8 Å². The molecule has 0 atom stereocenters. The predicted molar refractivity (Wildman–Crippen MR) is 144 cm³/mol. The maximum atomic E-state index is 13.9. The van der Waals surface area contributed by atoms with E-state index in [0.717, 1.165) is 63.9 Å². The molecule has 184 valence electrons. The molecule has 5 aromatic heterocycles. The van der Waals surface area contributed by atoms with Crippen LogP contribution in [-0.2, 0) is 6.42 Å². The highest BCUT2D eigenvalue weighted by atomic mass is 19.1. The normalized spacial score (nSPS) is 11.7. The molecule has 1 aromatic carbocycles. The van der Waals surface area contributed by atoms with Gasteiger partial charge in [0.1, 0.15) is 22.7 Å². The first-order chi connectivity index (χ1) is 18.0.